The number of nitrogens with zero attached hydrogens (tertiary/aromatic N) is 2. The second-order valence-corrected chi connectivity index (χ2v) is 6.83. The maximum Gasteiger partial charge on any atom is 0.193 e. The fourth-order valence-electron chi connectivity index (χ4n) is 3.12. The predicted octanol–water partition coefficient (Wildman–Crippen LogP) is 2.69. The van der Waals surface area contributed by atoms with Crippen molar-refractivity contribution in [1.29, 1.82) is 0 Å². The Morgan fingerprint density at radius 2 is 2.18 bits per heavy atom. The fourth-order valence-corrected chi connectivity index (χ4v) is 3.12. The van der Waals surface area contributed by atoms with Crippen LogP contribution in [0.4, 0.5) is 0 Å². The summed E-state index contributed by atoms with van der Waals surface area (Å²) in [6.07, 6.45) is 3.44. The first-order valence-corrected chi connectivity index (χ1v) is 10.1. The molecule has 158 valence electrons. The fraction of sp³-hybridized carbons (Fsp3) is 0.667. The van der Waals surface area contributed by atoms with Gasteiger partial charge in [-0.1, -0.05) is 0 Å². The van der Waals surface area contributed by atoms with Crippen molar-refractivity contribution in [1.82, 2.24) is 10.2 Å². The molecule has 1 aliphatic heterocycles. The van der Waals surface area contributed by atoms with Gasteiger partial charge in [-0.2, -0.15) is 0 Å². The molecule has 0 saturated carbocycles. The van der Waals surface area contributed by atoms with E-state index in [1.807, 2.05) is 25.2 Å². The van der Waals surface area contributed by atoms with E-state index in [0.29, 0.717) is 19.8 Å². The van der Waals surface area contributed by atoms with Crippen molar-refractivity contribution in [3.63, 3.8) is 0 Å². The molecule has 1 atom stereocenters. The molecular weight excluding hydrogens is 358 g/mol. The monoisotopic (exact) mass is 393 g/mol. The molecule has 0 bridgehead atoms. The SMILES string of the molecule is CCNC(=NCCCOCC1CCCO1)N(C)Cc1ccc(OC)cc1OC. The van der Waals surface area contributed by atoms with Gasteiger partial charge in [-0.25, -0.2) is 0 Å². The Morgan fingerprint density at radius 3 is 2.86 bits per heavy atom. The molecule has 1 fully saturated rings. The van der Waals surface area contributed by atoms with Crippen LogP contribution >= 0.6 is 0 Å². The van der Waals surface area contributed by atoms with E-state index >= 15 is 0 Å². The minimum Gasteiger partial charge on any atom is -0.497 e. The number of rotatable bonds is 11. The lowest BCUT2D eigenvalue weighted by atomic mass is 10.2. The summed E-state index contributed by atoms with van der Waals surface area (Å²) in [7, 11) is 5.36. The second-order valence-electron chi connectivity index (χ2n) is 6.83. The summed E-state index contributed by atoms with van der Waals surface area (Å²) in [6, 6.07) is 5.87. The Balaban J connectivity index is 1.82. The highest BCUT2D eigenvalue weighted by molar-refractivity contribution is 5.79. The highest BCUT2D eigenvalue weighted by Gasteiger charge is 2.15. The number of guanidine groups is 1. The first kappa shape index (κ1) is 22.3. The summed E-state index contributed by atoms with van der Waals surface area (Å²) >= 11 is 0. The number of hydrogen-bond donors (Lipinski definition) is 1. The summed E-state index contributed by atoms with van der Waals surface area (Å²) in [5.41, 5.74) is 1.08. The highest BCUT2D eigenvalue weighted by atomic mass is 16.5. The number of hydrogen-bond acceptors (Lipinski definition) is 5. The van der Waals surface area contributed by atoms with Gasteiger partial charge in [-0.05, 0) is 38.3 Å². The highest BCUT2D eigenvalue weighted by Crippen LogP contribution is 2.25. The zero-order chi connectivity index (χ0) is 20.2. The minimum atomic E-state index is 0.284. The van der Waals surface area contributed by atoms with Crippen molar-refractivity contribution in [2.45, 2.75) is 38.8 Å². The van der Waals surface area contributed by atoms with Crippen LogP contribution in [-0.2, 0) is 16.0 Å². The third kappa shape index (κ3) is 7.20. The molecule has 1 aromatic carbocycles. The molecule has 28 heavy (non-hydrogen) atoms. The van der Waals surface area contributed by atoms with Crippen molar-refractivity contribution in [2.75, 3.05) is 54.2 Å². The molecule has 2 rings (SSSR count). The molecular formula is C21H35N3O4. The molecule has 7 nitrogen and oxygen atoms in total. The van der Waals surface area contributed by atoms with E-state index in [-0.39, 0.29) is 6.10 Å². The number of methoxy groups -OCH3 is 2. The summed E-state index contributed by atoms with van der Waals surface area (Å²) < 4.78 is 22.0. The van der Waals surface area contributed by atoms with Gasteiger partial charge in [0.25, 0.3) is 0 Å². The van der Waals surface area contributed by atoms with Gasteiger partial charge in [-0.15, -0.1) is 0 Å². The van der Waals surface area contributed by atoms with Crippen LogP contribution in [0.5, 0.6) is 11.5 Å². The molecule has 0 aromatic heterocycles. The largest absolute Gasteiger partial charge is 0.497 e. The zero-order valence-electron chi connectivity index (χ0n) is 17.7. The van der Waals surface area contributed by atoms with E-state index in [4.69, 9.17) is 23.9 Å². The Labute approximate surface area is 169 Å². The van der Waals surface area contributed by atoms with Crippen molar-refractivity contribution in [3.05, 3.63) is 23.8 Å². The smallest absolute Gasteiger partial charge is 0.193 e. The van der Waals surface area contributed by atoms with Gasteiger partial charge in [0.2, 0.25) is 0 Å². The average Bonchev–Trinajstić information content (AvgIpc) is 3.23. The molecule has 0 radical (unpaired) electrons. The van der Waals surface area contributed by atoms with E-state index in [2.05, 4.69) is 17.1 Å². The number of ether oxygens (including phenoxy) is 4. The molecule has 0 spiro atoms. The normalized spacial score (nSPS) is 16.9. The summed E-state index contributed by atoms with van der Waals surface area (Å²) in [6.45, 7) is 6.57. The number of aliphatic imine (C=N–C) groups is 1. The van der Waals surface area contributed by atoms with Crippen LogP contribution in [0.15, 0.2) is 23.2 Å². The lowest BCUT2D eigenvalue weighted by molar-refractivity contribution is 0.0170. The second kappa shape index (κ2) is 12.5. The molecule has 1 aliphatic rings. The third-order valence-corrected chi connectivity index (χ3v) is 4.63. The van der Waals surface area contributed by atoms with Gasteiger partial charge >= 0.3 is 0 Å². The minimum absolute atomic E-state index is 0.284. The van der Waals surface area contributed by atoms with Crippen LogP contribution in [0.1, 0.15) is 31.7 Å². The molecule has 1 aromatic rings. The van der Waals surface area contributed by atoms with Crippen LogP contribution in [0.3, 0.4) is 0 Å². The lowest BCUT2D eigenvalue weighted by Crippen LogP contribution is -2.38. The van der Waals surface area contributed by atoms with E-state index < -0.39 is 0 Å². The van der Waals surface area contributed by atoms with E-state index in [0.717, 1.165) is 62.0 Å². The topological polar surface area (TPSA) is 64.6 Å². The van der Waals surface area contributed by atoms with Gasteiger partial charge < -0.3 is 29.2 Å². The first-order chi connectivity index (χ1) is 13.7. The first-order valence-electron chi connectivity index (χ1n) is 10.1. The van der Waals surface area contributed by atoms with Crippen molar-refractivity contribution < 1.29 is 18.9 Å². The maximum absolute atomic E-state index is 5.71. The van der Waals surface area contributed by atoms with Crippen LogP contribution < -0.4 is 14.8 Å². The number of nitrogens with one attached hydrogen (secondary N) is 1. The standard InChI is InChI=1S/C21H35N3O4/c1-5-22-21(23-11-7-12-27-16-19-8-6-13-28-19)24(2)15-17-9-10-18(25-3)14-20(17)26-4/h9-10,14,19H,5-8,11-13,15-16H2,1-4H3,(H,22,23). The molecule has 7 heteroatoms. The molecule has 1 N–H and O–H groups in total. The summed E-state index contributed by atoms with van der Waals surface area (Å²) in [5.74, 6) is 2.47. The predicted molar refractivity (Wildman–Crippen MR) is 111 cm³/mol. The van der Waals surface area contributed by atoms with Crippen molar-refractivity contribution >= 4 is 5.96 Å². The van der Waals surface area contributed by atoms with Crippen LogP contribution in [0.25, 0.3) is 0 Å². The maximum atomic E-state index is 5.71. The van der Waals surface area contributed by atoms with E-state index in [1.165, 1.54) is 0 Å². The van der Waals surface area contributed by atoms with Crippen LogP contribution in [-0.4, -0.2) is 71.1 Å². The summed E-state index contributed by atoms with van der Waals surface area (Å²) in [5, 5.41) is 3.35. The average molecular weight is 394 g/mol. The Kier molecular flexibility index (Phi) is 9.93. The van der Waals surface area contributed by atoms with Crippen molar-refractivity contribution in [3.8, 4) is 11.5 Å². The molecule has 1 heterocycles. The zero-order valence-corrected chi connectivity index (χ0v) is 17.7. The Bertz CT molecular complexity index is 603. The van der Waals surface area contributed by atoms with E-state index in [1.54, 1.807) is 14.2 Å². The molecule has 0 amide bonds. The lowest BCUT2D eigenvalue weighted by Gasteiger charge is -2.23. The Morgan fingerprint density at radius 1 is 1.32 bits per heavy atom. The Hall–Kier alpha value is -1.99. The third-order valence-electron chi connectivity index (χ3n) is 4.63. The molecule has 0 aliphatic carbocycles. The van der Waals surface area contributed by atoms with Crippen molar-refractivity contribution in [2.24, 2.45) is 4.99 Å². The van der Waals surface area contributed by atoms with Crippen LogP contribution in [0.2, 0.25) is 0 Å². The van der Waals surface area contributed by atoms with Crippen LogP contribution in [0, 0.1) is 0 Å². The van der Waals surface area contributed by atoms with E-state index in [9.17, 15) is 0 Å². The summed E-state index contributed by atoms with van der Waals surface area (Å²) in [4.78, 5) is 6.82. The van der Waals surface area contributed by atoms with Gasteiger partial charge in [0, 0.05) is 51.5 Å². The van der Waals surface area contributed by atoms with Gasteiger partial charge in [-0.3, -0.25) is 4.99 Å². The molecule has 1 saturated heterocycles. The van der Waals surface area contributed by atoms with Gasteiger partial charge in [0.05, 0.1) is 26.9 Å². The molecule has 1 unspecified atom stereocenters. The quantitative estimate of drug-likeness (QED) is 0.354. The number of benzene rings is 1. The van der Waals surface area contributed by atoms with Gasteiger partial charge in [0.1, 0.15) is 11.5 Å². The van der Waals surface area contributed by atoms with Gasteiger partial charge in [0.15, 0.2) is 5.96 Å².